The van der Waals surface area contributed by atoms with Crippen LogP contribution in [0, 0.1) is 5.92 Å². The zero-order chi connectivity index (χ0) is 19.2. The van der Waals surface area contributed by atoms with Crippen LogP contribution in [0.4, 0.5) is 5.69 Å². The zero-order valence-corrected chi connectivity index (χ0v) is 16.6. The normalized spacial score (nSPS) is 14.7. The number of hydrogen-bond donors (Lipinski definition) is 0. The third-order valence-electron chi connectivity index (χ3n) is 4.91. The number of thioether (sulfide) groups is 1. The molecule has 0 atom stereocenters. The van der Waals surface area contributed by atoms with Crippen LogP contribution in [0.5, 0.6) is 0 Å². The van der Waals surface area contributed by atoms with Crippen LogP contribution in [-0.2, 0) is 15.3 Å². The Morgan fingerprint density at radius 2 is 1.81 bits per heavy atom. The summed E-state index contributed by atoms with van der Waals surface area (Å²) >= 11 is 1.71. The summed E-state index contributed by atoms with van der Waals surface area (Å²) in [6, 6.07) is 15.9. The molecule has 0 bridgehead atoms. The number of rotatable bonds is 6. The van der Waals surface area contributed by atoms with E-state index in [-0.39, 0.29) is 17.6 Å². The number of nitrogens with zero attached hydrogens (tertiary/aromatic N) is 1. The van der Waals surface area contributed by atoms with E-state index in [0.29, 0.717) is 13.2 Å². The molecule has 3 rings (SSSR count). The van der Waals surface area contributed by atoms with E-state index in [1.54, 1.807) is 30.6 Å². The number of carbonyl (C=O) groups excluding carboxylic acids is 2. The van der Waals surface area contributed by atoms with Gasteiger partial charge in [-0.1, -0.05) is 24.3 Å². The lowest BCUT2D eigenvalue weighted by Crippen LogP contribution is -2.23. The van der Waals surface area contributed by atoms with Gasteiger partial charge in [0.15, 0.2) is 5.78 Å². The summed E-state index contributed by atoms with van der Waals surface area (Å²) in [6.45, 7) is 2.91. The fourth-order valence-corrected chi connectivity index (χ4v) is 4.01. The van der Waals surface area contributed by atoms with Crippen molar-refractivity contribution in [2.45, 2.75) is 30.4 Å². The highest BCUT2D eigenvalue weighted by atomic mass is 32.2. The van der Waals surface area contributed by atoms with Crippen molar-refractivity contribution >= 4 is 29.1 Å². The largest absolute Gasteiger partial charge is 0.381 e. The molecule has 1 aliphatic heterocycles. The van der Waals surface area contributed by atoms with Crippen LogP contribution in [0.3, 0.4) is 0 Å². The molecule has 2 aromatic rings. The highest BCUT2D eigenvalue weighted by Gasteiger charge is 2.22. The van der Waals surface area contributed by atoms with Gasteiger partial charge in [0.25, 0.3) is 0 Å². The SMILES string of the molecule is CC(=O)N(C)c1ccc(CSc2cccc(C(=O)C3CCOCC3)c2)cc1. The molecule has 0 N–H and O–H groups in total. The Hall–Kier alpha value is -2.11. The number of Topliss-reactive ketones (excluding diaryl/α,β-unsaturated/α-hetero) is 1. The second-order valence-corrected chi connectivity index (χ2v) is 7.86. The number of carbonyl (C=O) groups is 2. The third-order valence-corrected chi connectivity index (χ3v) is 5.98. The summed E-state index contributed by atoms with van der Waals surface area (Å²) in [6.07, 6.45) is 1.63. The molecule has 27 heavy (non-hydrogen) atoms. The molecule has 0 unspecified atom stereocenters. The molecular formula is C22H25NO3S. The molecule has 0 aliphatic carbocycles. The Kier molecular flexibility index (Phi) is 6.69. The highest BCUT2D eigenvalue weighted by molar-refractivity contribution is 7.98. The van der Waals surface area contributed by atoms with Gasteiger partial charge in [-0.2, -0.15) is 0 Å². The van der Waals surface area contributed by atoms with E-state index in [2.05, 4.69) is 0 Å². The summed E-state index contributed by atoms with van der Waals surface area (Å²) in [5, 5.41) is 0. The maximum atomic E-state index is 12.7. The van der Waals surface area contributed by atoms with Crippen molar-refractivity contribution in [2.75, 3.05) is 25.2 Å². The van der Waals surface area contributed by atoms with Gasteiger partial charge in [-0.15, -0.1) is 11.8 Å². The maximum Gasteiger partial charge on any atom is 0.223 e. The van der Waals surface area contributed by atoms with Crippen molar-refractivity contribution in [3.05, 3.63) is 59.7 Å². The predicted octanol–water partition coefficient (Wildman–Crippen LogP) is 4.57. The first-order chi connectivity index (χ1) is 13.0. The number of ether oxygens (including phenoxy) is 1. The van der Waals surface area contributed by atoms with Crippen molar-refractivity contribution in [1.29, 1.82) is 0 Å². The molecule has 1 heterocycles. The number of ketones is 1. The van der Waals surface area contributed by atoms with Gasteiger partial charge < -0.3 is 9.64 Å². The van der Waals surface area contributed by atoms with E-state index in [4.69, 9.17) is 4.74 Å². The lowest BCUT2D eigenvalue weighted by Gasteiger charge is -2.21. The Morgan fingerprint density at radius 3 is 2.48 bits per heavy atom. The predicted molar refractivity (Wildman–Crippen MR) is 109 cm³/mol. The molecular weight excluding hydrogens is 358 g/mol. The Balaban J connectivity index is 1.61. The number of hydrogen-bond acceptors (Lipinski definition) is 4. The topological polar surface area (TPSA) is 46.6 Å². The summed E-state index contributed by atoms with van der Waals surface area (Å²) in [5.41, 5.74) is 2.87. The highest BCUT2D eigenvalue weighted by Crippen LogP contribution is 2.27. The maximum absolute atomic E-state index is 12.7. The number of amides is 1. The molecule has 1 amide bonds. The van der Waals surface area contributed by atoms with E-state index >= 15 is 0 Å². The smallest absolute Gasteiger partial charge is 0.223 e. The molecule has 0 spiro atoms. The molecule has 1 fully saturated rings. The van der Waals surface area contributed by atoms with Gasteiger partial charge in [-0.25, -0.2) is 0 Å². The van der Waals surface area contributed by atoms with Crippen LogP contribution < -0.4 is 4.90 Å². The van der Waals surface area contributed by atoms with E-state index in [9.17, 15) is 9.59 Å². The summed E-state index contributed by atoms with van der Waals surface area (Å²) < 4.78 is 5.36. The van der Waals surface area contributed by atoms with Crippen molar-refractivity contribution < 1.29 is 14.3 Å². The van der Waals surface area contributed by atoms with Crippen LogP contribution in [0.2, 0.25) is 0 Å². The van der Waals surface area contributed by atoms with E-state index in [1.807, 2.05) is 48.5 Å². The molecule has 0 radical (unpaired) electrons. The Labute approximate surface area is 164 Å². The van der Waals surface area contributed by atoms with Gasteiger partial charge in [0, 0.05) is 55.0 Å². The van der Waals surface area contributed by atoms with Gasteiger partial charge in [0.1, 0.15) is 0 Å². The van der Waals surface area contributed by atoms with E-state index in [0.717, 1.165) is 34.7 Å². The lowest BCUT2D eigenvalue weighted by atomic mass is 9.91. The van der Waals surface area contributed by atoms with Gasteiger partial charge in [-0.3, -0.25) is 9.59 Å². The molecule has 0 saturated carbocycles. The minimum atomic E-state index is 0.0168. The van der Waals surface area contributed by atoms with Crippen LogP contribution in [0.25, 0.3) is 0 Å². The fraction of sp³-hybridized carbons (Fsp3) is 0.364. The molecule has 1 saturated heterocycles. The molecule has 1 aliphatic rings. The summed E-state index contributed by atoms with van der Waals surface area (Å²) in [5.74, 6) is 1.16. The molecule has 5 heteroatoms. The molecule has 4 nitrogen and oxygen atoms in total. The van der Waals surface area contributed by atoms with Crippen LogP contribution >= 0.6 is 11.8 Å². The van der Waals surface area contributed by atoms with Gasteiger partial charge in [-0.05, 0) is 42.7 Å². The van der Waals surface area contributed by atoms with Crippen molar-refractivity contribution in [3.63, 3.8) is 0 Å². The molecule has 0 aromatic heterocycles. The van der Waals surface area contributed by atoms with Gasteiger partial charge >= 0.3 is 0 Å². The van der Waals surface area contributed by atoms with E-state index < -0.39 is 0 Å². The van der Waals surface area contributed by atoms with Gasteiger partial charge in [0.2, 0.25) is 5.91 Å². The molecule has 2 aromatic carbocycles. The standard InChI is InChI=1S/C22H25NO3S/c1-16(24)23(2)20-8-6-17(7-9-20)15-27-21-5-3-4-19(14-21)22(25)18-10-12-26-13-11-18/h3-9,14,18H,10-13,15H2,1-2H3. The lowest BCUT2D eigenvalue weighted by molar-refractivity contribution is -0.116. The first-order valence-electron chi connectivity index (χ1n) is 9.22. The van der Waals surface area contributed by atoms with Crippen molar-refractivity contribution in [2.24, 2.45) is 5.92 Å². The van der Waals surface area contributed by atoms with Crippen LogP contribution in [0.15, 0.2) is 53.4 Å². The van der Waals surface area contributed by atoms with Crippen molar-refractivity contribution in [3.8, 4) is 0 Å². The second-order valence-electron chi connectivity index (χ2n) is 6.81. The quantitative estimate of drug-likeness (QED) is 0.541. The first-order valence-corrected chi connectivity index (χ1v) is 10.2. The summed E-state index contributed by atoms with van der Waals surface area (Å²) in [4.78, 5) is 26.8. The number of benzene rings is 2. The Morgan fingerprint density at radius 1 is 1.11 bits per heavy atom. The zero-order valence-electron chi connectivity index (χ0n) is 15.8. The second kappa shape index (κ2) is 9.20. The van der Waals surface area contributed by atoms with E-state index in [1.165, 1.54) is 5.56 Å². The first kappa shape index (κ1) is 19.6. The van der Waals surface area contributed by atoms with Crippen LogP contribution in [0.1, 0.15) is 35.7 Å². The monoisotopic (exact) mass is 383 g/mol. The minimum absolute atomic E-state index is 0.0168. The summed E-state index contributed by atoms with van der Waals surface area (Å²) in [7, 11) is 1.77. The van der Waals surface area contributed by atoms with Gasteiger partial charge in [0.05, 0.1) is 0 Å². The number of anilines is 1. The van der Waals surface area contributed by atoms with Crippen LogP contribution in [-0.4, -0.2) is 32.0 Å². The third kappa shape index (κ3) is 5.21. The fourth-order valence-electron chi connectivity index (χ4n) is 3.10. The minimum Gasteiger partial charge on any atom is -0.381 e. The average Bonchev–Trinajstić information content (AvgIpc) is 2.72. The Bertz CT molecular complexity index is 797. The van der Waals surface area contributed by atoms with Crippen molar-refractivity contribution in [1.82, 2.24) is 0 Å². The molecule has 142 valence electrons. The average molecular weight is 384 g/mol.